The number of methoxy groups -OCH3 is 1. The number of carbonyl (C=O) groups excluding carboxylic acids is 4. The maximum Gasteiger partial charge on any atom is 0.338 e. The van der Waals surface area contributed by atoms with E-state index in [9.17, 15) is 19.2 Å². The summed E-state index contributed by atoms with van der Waals surface area (Å²) in [4.78, 5) is 52.8. The quantitative estimate of drug-likeness (QED) is 0.181. The first kappa shape index (κ1) is 31.1. The lowest BCUT2D eigenvalue weighted by atomic mass is 9.98. The van der Waals surface area contributed by atoms with Crippen LogP contribution in [-0.2, 0) is 28.4 Å². The zero-order valence-electron chi connectivity index (χ0n) is 24.2. The first-order valence-electron chi connectivity index (χ1n) is 14.1. The zero-order chi connectivity index (χ0) is 31.6. The van der Waals surface area contributed by atoms with Crippen LogP contribution in [0, 0.1) is 0 Å². The molecule has 0 N–H and O–H groups in total. The third-order valence-electron chi connectivity index (χ3n) is 6.97. The summed E-state index contributed by atoms with van der Waals surface area (Å²) >= 11 is 0. The second-order valence-electron chi connectivity index (χ2n) is 9.95. The highest BCUT2D eigenvalue weighted by Crippen LogP contribution is 2.31. The molecular formula is C35H30O10. The van der Waals surface area contributed by atoms with E-state index in [1.165, 1.54) is 7.11 Å². The van der Waals surface area contributed by atoms with E-state index in [4.69, 9.17) is 28.4 Å². The van der Waals surface area contributed by atoms with Crippen LogP contribution in [0.4, 0.5) is 0 Å². The monoisotopic (exact) mass is 611 g/mol. The van der Waals surface area contributed by atoms with Gasteiger partial charge in [0, 0.05) is 7.11 Å². The van der Waals surface area contributed by atoms with Crippen molar-refractivity contribution in [1.29, 1.82) is 0 Å². The molecule has 1 aliphatic heterocycles. The van der Waals surface area contributed by atoms with E-state index in [2.05, 4.69) is 0 Å². The molecule has 4 aromatic carbocycles. The second-order valence-corrected chi connectivity index (χ2v) is 9.95. The average Bonchev–Trinajstić information content (AvgIpc) is 3.10. The topological polar surface area (TPSA) is 124 Å². The highest BCUT2D eigenvalue weighted by molar-refractivity contribution is 5.91. The van der Waals surface area contributed by atoms with Gasteiger partial charge in [-0.2, -0.15) is 0 Å². The number of ether oxygens (including phenoxy) is 6. The molecule has 1 fully saturated rings. The Morgan fingerprint density at radius 2 is 1.02 bits per heavy atom. The molecule has 0 saturated carbocycles. The average molecular weight is 612 g/mol. The van der Waals surface area contributed by atoms with Crippen LogP contribution in [-0.4, -0.2) is 68.3 Å². The molecule has 1 saturated heterocycles. The molecule has 0 bridgehead atoms. The van der Waals surface area contributed by atoms with E-state index in [0.29, 0.717) is 0 Å². The number of hydrogen-bond donors (Lipinski definition) is 0. The van der Waals surface area contributed by atoms with Crippen LogP contribution < -0.4 is 0 Å². The van der Waals surface area contributed by atoms with Crippen molar-refractivity contribution in [3.05, 3.63) is 144 Å². The molecule has 45 heavy (non-hydrogen) atoms. The van der Waals surface area contributed by atoms with E-state index in [1.807, 2.05) is 0 Å². The summed E-state index contributed by atoms with van der Waals surface area (Å²) < 4.78 is 34.9. The molecule has 0 aromatic heterocycles. The minimum absolute atomic E-state index is 0.200. The summed E-state index contributed by atoms with van der Waals surface area (Å²) in [5, 5.41) is 0. The van der Waals surface area contributed by atoms with Gasteiger partial charge in [-0.15, -0.1) is 0 Å². The predicted molar refractivity (Wildman–Crippen MR) is 159 cm³/mol. The Kier molecular flexibility index (Phi) is 10.3. The Hall–Kier alpha value is -5.32. The van der Waals surface area contributed by atoms with Crippen LogP contribution in [0.5, 0.6) is 0 Å². The van der Waals surface area contributed by atoms with E-state index < -0.39 is 61.2 Å². The van der Waals surface area contributed by atoms with Gasteiger partial charge in [0.15, 0.2) is 24.6 Å². The fraction of sp³-hybridized carbons (Fsp3) is 0.200. The van der Waals surface area contributed by atoms with E-state index in [0.717, 1.165) is 0 Å². The van der Waals surface area contributed by atoms with Crippen molar-refractivity contribution >= 4 is 23.9 Å². The molecule has 0 spiro atoms. The van der Waals surface area contributed by atoms with Crippen molar-refractivity contribution < 1.29 is 47.6 Å². The number of carbonyl (C=O) groups is 4. The van der Waals surface area contributed by atoms with Gasteiger partial charge in [0.25, 0.3) is 0 Å². The van der Waals surface area contributed by atoms with Crippen LogP contribution in [0.3, 0.4) is 0 Å². The lowest BCUT2D eigenvalue weighted by Gasteiger charge is -2.44. The molecule has 0 amide bonds. The van der Waals surface area contributed by atoms with Crippen LogP contribution in [0.25, 0.3) is 0 Å². The first-order valence-corrected chi connectivity index (χ1v) is 14.1. The summed E-state index contributed by atoms with van der Waals surface area (Å²) in [6, 6.07) is 32.7. The predicted octanol–water partition coefficient (Wildman–Crippen LogP) is 4.89. The van der Waals surface area contributed by atoms with Crippen LogP contribution in [0.2, 0.25) is 0 Å². The Labute approximate surface area is 259 Å². The Bertz CT molecular complexity index is 1580. The SMILES string of the molecule is CO[C@H]1O[C@H](COC(=O)c2ccccc2)[C@@H]([17O]C(=O)c2ccccc2)[C@H](OC(=O)c2ccccc2)[C@H]1OC(=O)c1ccccc1. The van der Waals surface area contributed by atoms with Gasteiger partial charge < -0.3 is 28.4 Å². The summed E-state index contributed by atoms with van der Waals surface area (Å²) in [6.07, 6.45) is -6.76. The summed E-state index contributed by atoms with van der Waals surface area (Å²) in [7, 11) is 1.31. The van der Waals surface area contributed by atoms with Gasteiger partial charge in [0.1, 0.15) is 12.7 Å². The van der Waals surface area contributed by atoms with E-state index >= 15 is 0 Å². The van der Waals surface area contributed by atoms with Crippen LogP contribution in [0.1, 0.15) is 41.4 Å². The maximum atomic E-state index is 13.4. The highest BCUT2D eigenvalue weighted by Gasteiger charge is 2.53. The highest BCUT2D eigenvalue weighted by atomic mass is 17.4. The molecule has 10 nitrogen and oxygen atoms in total. The van der Waals surface area contributed by atoms with Crippen molar-refractivity contribution in [3.8, 4) is 0 Å². The molecule has 10 heteroatoms. The standard InChI is InChI=1S/C35H30O10/c1-40-35-30(45-34(39)26-20-12-5-13-21-26)29(44-33(38)25-18-10-4-11-19-25)28(43-32(37)24-16-8-3-9-17-24)27(42-35)22-41-31(36)23-14-6-2-7-15-23/h2-21,27-30,35H,22H2,1H3/t27-,28-,29+,30-,35+/m1/s1/i43+1. The summed E-state index contributed by atoms with van der Waals surface area (Å²) in [5.41, 5.74) is 0.914. The minimum atomic E-state index is -1.45. The lowest BCUT2D eigenvalue weighted by molar-refractivity contribution is -0.291. The van der Waals surface area contributed by atoms with Gasteiger partial charge >= 0.3 is 23.9 Å². The fourth-order valence-corrected chi connectivity index (χ4v) is 4.72. The van der Waals surface area contributed by atoms with Gasteiger partial charge in [0.2, 0.25) is 0 Å². The first-order chi connectivity index (χ1) is 21.9. The number of rotatable bonds is 10. The van der Waals surface area contributed by atoms with Gasteiger partial charge in [-0.25, -0.2) is 19.2 Å². The van der Waals surface area contributed by atoms with E-state index in [-0.39, 0.29) is 22.3 Å². The summed E-state index contributed by atoms with van der Waals surface area (Å²) in [5.74, 6) is -2.96. The smallest absolute Gasteiger partial charge is 0.338 e. The van der Waals surface area contributed by atoms with Crippen molar-refractivity contribution in [1.82, 2.24) is 0 Å². The molecular weight excluding hydrogens is 581 g/mol. The van der Waals surface area contributed by atoms with Gasteiger partial charge in [0.05, 0.1) is 22.3 Å². The third-order valence-corrected chi connectivity index (χ3v) is 6.97. The lowest BCUT2D eigenvalue weighted by Crippen LogP contribution is -2.63. The second kappa shape index (κ2) is 14.9. The number of esters is 4. The Morgan fingerprint density at radius 3 is 1.49 bits per heavy atom. The molecule has 1 heterocycles. The minimum Gasteiger partial charge on any atom is -0.459 e. The van der Waals surface area contributed by atoms with Gasteiger partial charge in [-0.3, -0.25) is 0 Å². The third kappa shape index (κ3) is 7.80. The zero-order valence-corrected chi connectivity index (χ0v) is 24.2. The van der Waals surface area contributed by atoms with Crippen LogP contribution in [0.15, 0.2) is 121 Å². The summed E-state index contributed by atoms with van der Waals surface area (Å²) in [6.45, 7) is -0.418. The number of benzene rings is 4. The van der Waals surface area contributed by atoms with Crippen molar-refractivity contribution in [2.45, 2.75) is 30.7 Å². The molecule has 0 unspecified atom stereocenters. The number of hydrogen-bond acceptors (Lipinski definition) is 10. The molecule has 0 aliphatic carbocycles. The molecule has 5 rings (SSSR count). The van der Waals surface area contributed by atoms with Crippen LogP contribution >= 0.6 is 0 Å². The molecule has 1 aliphatic rings. The normalized spacial score (nSPS) is 20.8. The van der Waals surface area contributed by atoms with Gasteiger partial charge in [-0.1, -0.05) is 72.8 Å². The van der Waals surface area contributed by atoms with Crippen molar-refractivity contribution in [2.75, 3.05) is 13.7 Å². The maximum absolute atomic E-state index is 13.4. The Morgan fingerprint density at radius 1 is 0.600 bits per heavy atom. The molecule has 5 atom stereocenters. The van der Waals surface area contributed by atoms with Crippen molar-refractivity contribution in [3.63, 3.8) is 0 Å². The van der Waals surface area contributed by atoms with Crippen molar-refractivity contribution in [2.24, 2.45) is 0 Å². The molecule has 0 radical (unpaired) electrons. The fourth-order valence-electron chi connectivity index (χ4n) is 4.72. The Balaban J connectivity index is 1.50. The molecule has 4 aromatic rings. The van der Waals surface area contributed by atoms with Gasteiger partial charge in [-0.05, 0) is 48.5 Å². The van der Waals surface area contributed by atoms with E-state index in [1.54, 1.807) is 121 Å². The molecule has 230 valence electrons. The largest absolute Gasteiger partial charge is 0.459 e.